The van der Waals surface area contributed by atoms with Crippen LogP contribution in [0.4, 0.5) is 0 Å². The van der Waals surface area contributed by atoms with Gasteiger partial charge in [-0.3, -0.25) is 0 Å². The van der Waals surface area contributed by atoms with Gasteiger partial charge in [-0.15, -0.1) is 0 Å². The van der Waals surface area contributed by atoms with Gasteiger partial charge in [-0.1, -0.05) is 0 Å². The van der Waals surface area contributed by atoms with Gasteiger partial charge in [0.25, 0.3) is 0 Å². The second-order valence-corrected chi connectivity index (χ2v) is 15.3. The third-order valence-electron chi connectivity index (χ3n) is 4.78. The van der Waals surface area contributed by atoms with Crippen LogP contribution >= 0.6 is 0 Å². The molecule has 0 unspecified atom stereocenters. The summed E-state index contributed by atoms with van der Waals surface area (Å²) >= 11 is -3.47. The minimum absolute atomic E-state index is 0.0356. The van der Waals surface area contributed by atoms with Crippen molar-refractivity contribution >= 4 is 22.5 Å². The Morgan fingerprint density at radius 3 is 1.28 bits per heavy atom. The van der Waals surface area contributed by atoms with Crippen LogP contribution in [0.1, 0.15) is 34.6 Å². The number of carbonyl (C=O) groups excluding carboxylic acids is 2. The minimum atomic E-state index is -3.47. The molecule has 5 heteroatoms. The third kappa shape index (κ3) is 3.79. The Bertz CT molecular complexity index is 670. The fourth-order valence-electron chi connectivity index (χ4n) is 3.03. The molecule has 2 aromatic carbocycles. The van der Waals surface area contributed by atoms with E-state index in [0.717, 1.165) is 0 Å². The first-order chi connectivity index (χ1) is 12.0. The van der Waals surface area contributed by atoms with Crippen molar-refractivity contribution in [2.45, 2.75) is 24.4 Å². The van der Waals surface area contributed by atoms with Crippen LogP contribution in [0.2, 0.25) is 10.5 Å². The van der Waals surface area contributed by atoms with Gasteiger partial charge in [0.1, 0.15) is 0 Å². The molecule has 132 valence electrons. The second-order valence-electron chi connectivity index (χ2n) is 5.90. The van der Waals surface area contributed by atoms with Crippen molar-refractivity contribution in [3.05, 3.63) is 59.7 Å². The number of rotatable bonds is 8. The summed E-state index contributed by atoms with van der Waals surface area (Å²) in [5.41, 5.74) is 1.21. The summed E-state index contributed by atoms with van der Waals surface area (Å²) in [6.07, 6.45) is 0. The molecule has 0 radical (unpaired) electrons. The molecule has 0 atom stereocenters. The molecule has 0 aliphatic heterocycles. The Morgan fingerprint density at radius 1 is 0.720 bits per heavy atom. The number of benzene rings is 2. The van der Waals surface area contributed by atoms with Crippen molar-refractivity contribution in [2.24, 2.45) is 0 Å². The summed E-state index contributed by atoms with van der Waals surface area (Å²) in [6, 6.07) is 14.1. The van der Waals surface area contributed by atoms with Gasteiger partial charge in [0.2, 0.25) is 0 Å². The molecule has 0 aliphatic carbocycles. The van der Waals surface area contributed by atoms with E-state index in [-0.39, 0.29) is 9.23 Å². The average Bonchev–Trinajstić information content (AvgIpc) is 2.69. The van der Waals surface area contributed by atoms with E-state index in [4.69, 9.17) is 9.47 Å². The van der Waals surface area contributed by atoms with Gasteiger partial charge in [-0.2, -0.15) is 0 Å². The summed E-state index contributed by atoms with van der Waals surface area (Å²) in [5.74, 6) is 1.40. The molecule has 0 amide bonds. The maximum atomic E-state index is 13.3. The predicted molar refractivity (Wildman–Crippen MR) is 101 cm³/mol. The third-order valence-corrected chi connectivity index (χ3v) is 14.7. The first-order valence-corrected chi connectivity index (χ1v) is 13.5. The fourth-order valence-corrected chi connectivity index (χ4v) is 10.2. The molecular formula is C20H24GeO4. The molecule has 0 aromatic heterocycles. The molecular weight excluding hydrogens is 377 g/mol. The second kappa shape index (κ2) is 8.34. The summed E-state index contributed by atoms with van der Waals surface area (Å²) in [5, 5.41) is 1.26. The molecule has 0 saturated carbocycles. The number of hydrogen-bond acceptors (Lipinski definition) is 4. The molecule has 2 rings (SSSR count). The van der Waals surface area contributed by atoms with Crippen molar-refractivity contribution in [3.63, 3.8) is 0 Å². The first-order valence-electron chi connectivity index (χ1n) is 8.40. The average molecular weight is 401 g/mol. The van der Waals surface area contributed by atoms with Crippen molar-refractivity contribution in [1.29, 1.82) is 0 Å². The Balaban J connectivity index is 2.40. The van der Waals surface area contributed by atoms with Gasteiger partial charge in [0.05, 0.1) is 0 Å². The quantitative estimate of drug-likeness (QED) is 0.618. The van der Waals surface area contributed by atoms with Crippen LogP contribution in [0.25, 0.3) is 0 Å². The van der Waals surface area contributed by atoms with Crippen molar-refractivity contribution in [2.75, 3.05) is 14.2 Å². The van der Waals surface area contributed by atoms with Crippen LogP contribution < -0.4 is 9.47 Å². The van der Waals surface area contributed by atoms with Gasteiger partial charge in [-0.25, -0.2) is 0 Å². The molecule has 0 fully saturated rings. The van der Waals surface area contributed by atoms with E-state index in [1.807, 2.05) is 13.8 Å². The van der Waals surface area contributed by atoms with E-state index in [9.17, 15) is 9.59 Å². The van der Waals surface area contributed by atoms with Crippen molar-refractivity contribution in [1.82, 2.24) is 0 Å². The van der Waals surface area contributed by atoms with Crippen LogP contribution in [-0.2, 0) is 0 Å². The Hall–Kier alpha value is -2.08. The zero-order valence-corrected chi connectivity index (χ0v) is 17.3. The SMILES string of the molecule is C[CH2][Ge]([CH2]C)([C](=O)c1ccc(OC)cc1)[C](=O)c1ccc(OC)cc1. The first kappa shape index (κ1) is 19.3. The van der Waals surface area contributed by atoms with E-state index in [2.05, 4.69) is 0 Å². The van der Waals surface area contributed by atoms with Gasteiger partial charge in [-0.05, 0) is 0 Å². The van der Waals surface area contributed by atoms with Gasteiger partial charge in [0.15, 0.2) is 0 Å². The van der Waals surface area contributed by atoms with E-state index < -0.39 is 13.3 Å². The van der Waals surface area contributed by atoms with Crippen LogP contribution in [0.3, 0.4) is 0 Å². The number of ether oxygens (including phenoxy) is 2. The van der Waals surface area contributed by atoms with Crippen LogP contribution in [0, 0.1) is 0 Å². The molecule has 0 bridgehead atoms. The monoisotopic (exact) mass is 402 g/mol. The zero-order valence-electron chi connectivity index (χ0n) is 15.2. The Kier molecular flexibility index (Phi) is 6.42. The summed E-state index contributed by atoms with van der Waals surface area (Å²) < 4.78 is 10.4. The molecule has 2 aromatic rings. The topological polar surface area (TPSA) is 52.6 Å². The fraction of sp³-hybridized carbons (Fsp3) is 0.300. The van der Waals surface area contributed by atoms with Gasteiger partial charge in [0, 0.05) is 0 Å². The van der Waals surface area contributed by atoms with E-state index >= 15 is 0 Å². The zero-order chi connectivity index (χ0) is 18.4. The molecule has 0 spiro atoms. The van der Waals surface area contributed by atoms with Gasteiger partial charge < -0.3 is 0 Å². The molecule has 0 heterocycles. The normalized spacial score (nSPS) is 11.0. The van der Waals surface area contributed by atoms with E-state index in [0.29, 0.717) is 33.1 Å². The number of hydrogen-bond donors (Lipinski definition) is 0. The van der Waals surface area contributed by atoms with Crippen molar-refractivity contribution in [3.8, 4) is 11.5 Å². The summed E-state index contributed by atoms with van der Waals surface area (Å²) in [4.78, 5) is 26.5. The van der Waals surface area contributed by atoms with E-state index in [1.54, 1.807) is 62.8 Å². The predicted octanol–water partition coefficient (Wildman–Crippen LogP) is 4.34. The molecule has 25 heavy (non-hydrogen) atoms. The van der Waals surface area contributed by atoms with Crippen LogP contribution in [0.5, 0.6) is 11.5 Å². The number of carbonyl (C=O) groups is 2. The van der Waals surface area contributed by atoms with Crippen LogP contribution in [-0.4, -0.2) is 36.7 Å². The van der Waals surface area contributed by atoms with Crippen LogP contribution in [0.15, 0.2) is 48.5 Å². The maximum absolute atomic E-state index is 13.3. The molecule has 4 nitrogen and oxygen atoms in total. The Labute approximate surface area is 151 Å². The van der Waals surface area contributed by atoms with Gasteiger partial charge >= 0.3 is 151 Å². The molecule has 0 aliphatic rings. The molecule has 0 N–H and O–H groups in total. The number of methoxy groups -OCH3 is 2. The standard InChI is InChI=1S/C20H24GeO4/c1-5-21(6-2,19(22)15-7-11-17(24-3)12-8-15)20(23)16-9-13-18(25-4)14-10-16/h7-14H,5-6H2,1-4H3. The summed E-state index contributed by atoms with van der Waals surface area (Å²) in [6.45, 7) is 3.93. The summed E-state index contributed by atoms with van der Waals surface area (Å²) in [7, 11) is 3.18. The van der Waals surface area contributed by atoms with Crippen molar-refractivity contribution < 1.29 is 19.1 Å². The Morgan fingerprint density at radius 2 is 1.04 bits per heavy atom. The molecule has 0 saturated heterocycles. The van der Waals surface area contributed by atoms with E-state index in [1.165, 1.54) is 0 Å².